The lowest BCUT2D eigenvalue weighted by atomic mass is 9.93. The van der Waals surface area contributed by atoms with Gasteiger partial charge in [0, 0.05) is 18.7 Å². The molecule has 5 unspecified atom stereocenters. The molecule has 0 aliphatic carbocycles. The highest BCUT2D eigenvalue weighted by Gasteiger charge is 2.41. The Labute approximate surface area is 91.5 Å². The highest BCUT2D eigenvalue weighted by Crippen LogP contribution is 2.35. The van der Waals surface area contributed by atoms with Crippen LogP contribution < -0.4 is 5.32 Å². The van der Waals surface area contributed by atoms with E-state index < -0.39 is 0 Å². The van der Waals surface area contributed by atoms with E-state index in [1.807, 2.05) is 0 Å². The van der Waals surface area contributed by atoms with Crippen molar-refractivity contribution < 1.29 is 9.47 Å². The standard InChI is InChI=1S/C12H21NO2/c1-8(9-4-5-14-7-9)13-11-6-10-2-3-12(11)15-10/h8-13H,2-7H2,1H3. The molecule has 2 bridgehead atoms. The molecular weight excluding hydrogens is 190 g/mol. The third-order valence-corrected chi connectivity index (χ3v) is 4.25. The maximum Gasteiger partial charge on any atom is 0.0733 e. The number of hydrogen-bond acceptors (Lipinski definition) is 3. The Bertz CT molecular complexity index is 228. The third kappa shape index (κ3) is 1.93. The van der Waals surface area contributed by atoms with Gasteiger partial charge in [-0.3, -0.25) is 0 Å². The van der Waals surface area contributed by atoms with Gasteiger partial charge in [0.15, 0.2) is 0 Å². The van der Waals surface area contributed by atoms with Crippen LogP contribution in [-0.2, 0) is 9.47 Å². The molecule has 0 spiro atoms. The minimum absolute atomic E-state index is 0.500. The van der Waals surface area contributed by atoms with E-state index in [1.54, 1.807) is 0 Å². The number of rotatable bonds is 3. The molecule has 0 aromatic carbocycles. The third-order valence-electron chi connectivity index (χ3n) is 4.25. The minimum Gasteiger partial charge on any atom is -0.381 e. The highest BCUT2D eigenvalue weighted by atomic mass is 16.5. The maximum atomic E-state index is 5.85. The normalized spacial score (nSPS) is 46.2. The van der Waals surface area contributed by atoms with Gasteiger partial charge >= 0.3 is 0 Å². The first-order chi connectivity index (χ1) is 7.33. The van der Waals surface area contributed by atoms with Gasteiger partial charge in [-0.1, -0.05) is 0 Å². The van der Waals surface area contributed by atoms with Crippen LogP contribution in [0.25, 0.3) is 0 Å². The Hall–Kier alpha value is -0.120. The highest BCUT2D eigenvalue weighted by molar-refractivity contribution is 4.95. The average Bonchev–Trinajstić information content (AvgIpc) is 2.95. The molecule has 0 radical (unpaired) electrons. The minimum atomic E-state index is 0.500. The Morgan fingerprint density at radius 1 is 1.27 bits per heavy atom. The fourth-order valence-corrected chi connectivity index (χ4v) is 3.23. The largest absolute Gasteiger partial charge is 0.381 e. The number of ether oxygens (including phenoxy) is 2. The fraction of sp³-hybridized carbons (Fsp3) is 1.00. The van der Waals surface area contributed by atoms with Gasteiger partial charge < -0.3 is 14.8 Å². The summed E-state index contributed by atoms with van der Waals surface area (Å²) in [5.41, 5.74) is 0. The summed E-state index contributed by atoms with van der Waals surface area (Å²) in [6.07, 6.45) is 6.04. The molecule has 3 aliphatic heterocycles. The van der Waals surface area contributed by atoms with Crippen molar-refractivity contribution in [3.63, 3.8) is 0 Å². The summed E-state index contributed by atoms with van der Waals surface area (Å²) < 4.78 is 11.3. The smallest absolute Gasteiger partial charge is 0.0733 e. The monoisotopic (exact) mass is 211 g/mol. The van der Waals surface area contributed by atoms with Crippen molar-refractivity contribution in [1.29, 1.82) is 0 Å². The van der Waals surface area contributed by atoms with Crippen molar-refractivity contribution in [2.45, 2.75) is 56.9 Å². The molecule has 5 atom stereocenters. The number of nitrogens with one attached hydrogen (secondary N) is 1. The first-order valence-electron chi connectivity index (χ1n) is 6.32. The van der Waals surface area contributed by atoms with Crippen molar-refractivity contribution >= 4 is 0 Å². The molecule has 0 aromatic heterocycles. The van der Waals surface area contributed by atoms with Gasteiger partial charge in [-0.2, -0.15) is 0 Å². The molecule has 3 saturated heterocycles. The van der Waals surface area contributed by atoms with Crippen LogP contribution in [0.2, 0.25) is 0 Å². The van der Waals surface area contributed by atoms with Crippen molar-refractivity contribution in [3.8, 4) is 0 Å². The Morgan fingerprint density at radius 2 is 2.20 bits per heavy atom. The first kappa shape index (κ1) is 10.1. The molecule has 3 heteroatoms. The molecule has 3 aliphatic rings. The molecule has 3 nitrogen and oxygen atoms in total. The Kier molecular flexibility index (Phi) is 2.71. The molecule has 15 heavy (non-hydrogen) atoms. The van der Waals surface area contributed by atoms with Gasteiger partial charge in [-0.05, 0) is 38.5 Å². The number of hydrogen-bond donors (Lipinski definition) is 1. The summed E-state index contributed by atoms with van der Waals surface area (Å²) in [5, 5.41) is 3.75. The van der Waals surface area contributed by atoms with Gasteiger partial charge in [0.1, 0.15) is 0 Å². The molecule has 3 rings (SSSR count). The Balaban J connectivity index is 1.52. The average molecular weight is 211 g/mol. The summed E-state index contributed by atoms with van der Waals surface area (Å²) in [6.45, 7) is 4.19. The summed E-state index contributed by atoms with van der Waals surface area (Å²) in [4.78, 5) is 0. The van der Waals surface area contributed by atoms with Gasteiger partial charge in [0.25, 0.3) is 0 Å². The molecule has 86 valence electrons. The fourth-order valence-electron chi connectivity index (χ4n) is 3.23. The van der Waals surface area contributed by atoms with E-state index in [-0.39, 0.29) is 0 Å². The lowest BCUT2D eigenvalue weighted by Crippen LogP contribution is -2.45. The second kappa shape index (κ2) is 4.04. The van der Waals surface area contributed by atoms with E-state index in [0.29, 0.717) is 30.2 Å². The molecule has 3 heterocycles. The summed E-state index contributed by atoms with van der Waals surface area (Å²) >= 11 is 0. The van der Waals surface area contributed by atoms with E-state index in [0.717, 1.165) is 13.2 Å². The van der Waals surface area contributed by atoms with Crippen LogP contribution in [0.5, 0.6) is 0 Å². The summed E-state index contributed by atoms with van der Waals surface area (Å²) in [7, 11) is 0. The van der Waals surface area contributed by atoms with E-state index in [4.69, 9.17) is 9.47 Å². The van der Waals surface area contributed by atoms with Crippen molar-refractivity contribution in [1.82, 2.24) is 5.32 Å². The zero-order valence-electron chi connectivity index (χ0n) is 9.45. The van der Waals surface area contributed by atoms with E-state index >= 15 is 0 Å². The Morgan fingerprint density at radius 3 is 2.80 bits per heavy atom. The topological polar surface area (TPSA) is 30.5 Å². The second-order valence-electron chi connectivity index (χ2n) is 5.30. The summed E-state index contributed by atoms with van der Waals surface area (Å²) in [6, 6.07) is 1.19. The summed E-state index contributed by atoms with van der Waals surface area (Å²) in [5.74, 6) is 0.712. The molecule has 0 amide bonds. The van der Waals surface area contributed by atoms with Crippen LogP contribution in [0, 0.1) is 5.92 Å². The van der Waals surface area contributed by atoms with Gasteiger partial charge in [0.05, 0.1) is 18.8 Å². The van der Waals surface area contributed by atoms with Gasteiger partial charge in [-0.25, -0.2) is 0 Å². The zero-order valence-corrected chi connectivity index (χ0v) is 9.45. The first-order valence-corrected chi connectivity index (χ1v) is 6.32. The van der Waals surface area contributed by atoms with E-state index in [1.165, 1.54) is 25.7 Å². The molecular formula is C12H21NO2. The van der Waals surface area contributed by atoms with Gasteiger partial charge in [-0.15, -0.1) is 0 Å². The van der Waals surface area contributed by atoms with Crippen molar-refractivity contribution in [2.75, 3.05) is 13.2 Å². The zero-order chi connectivity index (χ0) is 10.3. The molecule has 0 saturated carbocycles. The second-order valence-corrected chi connectivity index (χ2v) is 5.30. The molecule has 0 aromatic rings. The van der Waals surface area contributed by atoms with Crippen molar-refractivity contribution in [2.24, 2.45) is 5.92 Å². The van der Waals surface area contributed by atoms with Crippen LogP contribution in [-0.4, -0.2) is 37.5 Å². The SMILES string of the molecule is CC(NC1CC2CCC1O2)C1CCOC1. The van der Waals surface area contributed by atoms with Crippen molar-refractivity contribution in [3.05, 3.63) is 0 Å². The van der Waals surface area contributed by atoms with E-state index in [9.17, 15) is 0 Å². The van der Waals surface area contributed by atoms with E-state index in [2.05, 4.69) is 12.2 Å². The lowest BCUT2D eigenvalue weighted by Gasteiger charge is -2.27. The molecule has 3 fully saturated rings. The quantitative estimate of drug-likeness (QED) is 0.763. The maximum absolute atomic E-state index is 5.85. The predicted octanol–water partition coefficient (Wildman–Crippen LogP) is 1.32. The lowest BCUT2D eigenvalue weighted by molar-refractivity contribution is 0.0945. The number of fused-ring (bicyclic) bond motifs is 2. The molecule has 1 N–H and O–H groups in total. The van der Waals surface area contributed by atoms with Crippen LogP contribution >= 0.6 is 0 Å². The van der Waals surface area contributed by atoms with Crippen LogP contribution in [0.4, 0.5) is 0 Å². The van der Waals surface area contributed by atoms with Crippen LogP contribution in [0.1, 0.15) is 32.6 Å². The predicted molar refractivity (Wildman–Crippen MR) is 57.8 cm³/mol. The van der Waals surface area contributed by atoms with Gasteiger partial charge in [0.2, 0.25) is 0 Å². The van der Waals surface area contributed by atoms with Crippen LogP contribution in [0.3, 0.4) is 0 Å². The van der Waals surface area contributed by atoms with Crippen LogP contribution in [0.15, 0.2) is 0 Å².